The van der Waals surface area contributed by atoms with Crippen LogP contribution in [-0.2, 0) is 4.79 Å². The topological polar surface area (TPSA) is 49.6 Å². The maximum absolute atomic E-state index is 12.9. The number of carbonyl (C=O) groups excluding carboxylic acids is 1. The second-order valence-electron chi connectivity index (χ2n) is 7.33. The van der Waals surface area contributed by atoms with Crippen LogP contribution in [0.1, 0.15) is 38.5 Å². The number of halogens is 3. The molecule has 3 aliphatic carbocycles. The summed E-state index contributed by atoms with van der Waals surface area (Å²) in [5.74, 6) is 0.154. The van der Waals surface area contributed by atoms with Gasteiger partial charge in [-0.2, -0.15) is 13.2 Å². The van der Waals surface area contributed by atoms with Crippen LogP contribution in [0.3, 0.4) is 0 Å². The van der Waals surface area contributed by atoms with Gasteiger partial charge in [-0.15, -0.1) is 0 Å². The van der Waals surface area contributed by atoms with Gasteiger partial charge < -0.3 is 10.6 Å². The molecule has 0 unspecified atom stereocenters. The summed E-state index contributed by atoms with van der Waals surface area (Å²) in [5, 5.41) is 0. The Kier molecular flexibility index (Phi) is 3.92. The molecule has 1 aliphatic heterocycles. The fraction of sp³-hybridized carbons (Fsp3) is 0.933. The highest BCUT2D eigenvalue weighted by molar-refractivity contribution is 5.83. The number of carbonyl (C=O) groups is 1. The van der Waals surface area contributed by atoms with E-state index in [2.05, 4.69) is 0 Å². The first-order valence-electron chi connectivity index (χ1n) is 8.09. The van der Waals surface area contributed by atoms with E-state index in [1.165, 1.54) is 4.90 Å². The van der Waals surface area contributed by atoms with Crippen LogP contribution in [0.4, 0.5) is 13.2 Å². The number of amides is 1. The first kappa shape index (κ1) is 16.1. The second kappa shape index (κ2) is 5.37. The van der Waals surface area contributed by atoms with E-state index in [0.717, 1.165) is 38.5 Å². The molecule has 1 amide bonds. The van der Waals surface area contributed by atoms with Crippen molar-refractivity contribution in [2.24, 2.45) is 11.1 Å². The van der Waals surface area contributed by atoms with Gasteiger partial charge in [0, 0.05) is 37.1 Å². The number of piperazine rings is 1. The molecule has 4 rings (SSSR count). The number of fused-ring (bicyclic) bond motifs is 3. The molecule has 126 valence electrons. The predicted molar refractivity (Wildman–Crippen MR) is 76.1 cm³/mol. The molecule has 7 heteroatoms. The summed E-state index contributed by atoms with van der Waals surface area (Å²) < 4.78 is 37.2. The van der Waals surface area contributed by atoms with Gasteiger partial charge in [-0.25, -0.2) is 0 Å². The van der Waals surface area contributed by atoms with Crippen molar-refractivity contribution in [3.05, 3.63) is 0 Å². The Morgan fingerprint density at radius 1 is 0.955 bits per heavy atom. The number of hydrogen-bond acceptors (Lipinski definition) is 3. The second-order valence-corrected chi connectivity index (χ2v) is 7.33. The zero-order valence-corrected chi connectivity index (χ0v) is 12.8. The third-order valence-corrected chi connectivity index (χ3v) is 5.82. The highest BCUT2D eigenvalue weighted by Crippen LogP contribution is 2.52. The van der Waals surface area contributed by atoms with Crippen molar-refractivity contribution in [3.8, 4) is 0 Å². The highest BCUT2D eigenvalue weighted by atomic mass is 19.4. The monoisotopic (exact) mass is 319 g/mol. The Hall–Kier alpha value is -0.820. The lowest BCUT2D eigenvalue weighted by Gasteiger charge is -2.52. The largest absolute Gasteiger partial charge is 0.401 e. The Labute approximate surface area is 128 Å². The third kappa shape index (κ3) is 3.11. The van der Waals surface area contributed by atoms with Gasteiger partial charge >= 0.3 is 6.18 Å². The molecule has 4 nitrogen and oxygen atoms in total. The molecule has 0 aromatic rings. The van der Waals surface area contributed by atoms with E-state index in [-0.39, 0.29) is 16.9 Å². The summed E-state index contributed by atoms with van der Waals surface area (Å²) in [6.07, 6.45) is 1.04. The third-order valence-electron chi connectivity index (χ3n) is 5.82. The van der Waals surface area contributed by atoms with Gasteiger partial charge in [-0.3, -0.25) is 9.69 Å². The maximum Gasteiger partial charge on any atom is 0.401 e. The number of rotatable bonds is 2. The molecule has 0 spiro atoms. The first-order chi connectivity index (χ1) is 10.2. The first-order valence-corrected chi connectivity index (χ1v) is 8.09. The molecular formula is C15H24F3N3O. The summed E-state index contributed by atoms with van der Waals surface area (Å²) in [6.45, 7) is 0.551. The summed E-state index contributed by atoms with van der Waals surface area (Å²) in [7, 11) is 0. The number of hydrogen-bond donors (Lipinski definition) is 1. The lowest BCUT2D eigenvalue weighted by molar-refractivity contribution is -0.158. The van der Waals surface area contributed by atoms with Gasteiger partial charge in [0.1, 0.15) is 0 Å². The fourth-order valence-electron chi connectivity index (χ4n) is 4.23. The molecule has 0 radical (unpaired) electrons. The van der Waals surface area contributed by atoms with Crippen molar-refractivity contribution in [3.63, 3.8) is 0 Å². The summed E-state index contributed by atoms with van der Waals surface area (Å²) >= 11 is 0. The van der Waals surface area contributed by atoms with Crippen LogP contribution < -0.4 is 5.73 Å². The lowest BCUT2D eigenvalue weighted by Crippen LogP contribution is -2.59. The fourth-order valence-corrected chi connectivity index (χ4v) is 4.23. The van der Waals surface area contributed by atoms with Crippen molar-refractivity contribution in [1.82, 2.24) is 9.80 Å². The van der Waals surface area contributed by atoms with E-state index < -0.39 is 12.7 Å². The van der Waals surface area contributed by atoms with Crippen molar-refractivity contribution in [1.29, 1.82) is 0 Å². The Bertz CT molecular complexity index is 419. The Morgan fingerprint density at radius 3 is 1.91 bits per heavy atom. The molecule has 2 bridgehead atoms. The molecule has 0 aromatic heterocycles. The minimum Gasteiger partial charge on any atom is -0.340 e. The van der Waals surface area contributed by atoms with Gasteiger partial charge in [0.25, 0.3) is 0 Å². The van der Waals surface area contributed by atoms with Crippen LogP contribution in [0.15, 0.2) is 0 Å². The number of nitrogens with two attached hydrogens (primary N) is 1. The van der Waals surface area contributed by atoms with E-state index in [1.54, 1.807) is 4.90 Å². The number of alkyl halides is 3. The highest BCUT2D eigenvalue weighted by Gasteiger charge is 2.52. The minimum atomic E-state index is -4.16. The van der Waals surface area contributed by atoms with Crippen molar-refractivity contribution < 1.29 is 18.0 Å². The van der Waals surface area contributed by atoms with Crippen LogP contribution >= 0.6 is 0 Å². The number of nitrogens with zero attached hydrogens (tertiary/aromatic N) is 2. The maximum atomic E-state index is 12.9. The van der Waals surface area contributed by atoms with Crippen molar-refractivity contribution in [2.75, 3.05) is 32.7 Å². The SMILES string of the molecule is NC12CCC(C(=O)N3CCN(CC(F)(F)F)CC3)(CC1)CC2. The predicted octanol–water partition coefficient (Wildman–Crippen LogP) is 1.74. The molecule has 22 heavy (non-hydrogen) atoms. The van der Waals surface area contributed by atoms with Crippen LogP contribution in [0.25, 0.3) is 0 Å². The molecule has 4 aliphatic rings. The quantitative estimate of drug-likeness (QED) is 0.843. The average Bonchev–Trinajstić information content (AvgIpc) is 2.47. The van der Waals surface area contributed by atoms with Gasteiger partial charge in [0.15, 0.2) is 0 Å². The van der Waals surface area contributed by atoms with Crippen LogP contribution in [0.5, 0.6) is 0 Å². The zero-order chi connectivity index (χ0) is 16.0. The molecule has 3 saturated carbocycles. The summed E-state index contributed by atoms with van der Waals surface area (Å²) in [4.78, 5) is 16.0. The average molecular weight is 319 g/mol. The zero-order valence-electron chi connectivity index (χ0n) is 12.8. The Morgan fingerprint density at radius 2 is 1.45 bits per heavy atom. The van der Waals surface area contributed by atoms with Crippen molar-refractivity contribution >= 4 is 5.91 Å². The smallest absolute Gasteiger partial charge is 0.340 e. The van der Waals surface area contributed by atoms with Gasteiger partial charge in [-0.1, -0.05) is 0 Å². The summed E-state index contributed by atoms with van der Waals surface area (Å²) in [5.41, 5.74) is 5.91. The van der Waals surface area contributed by atoms with Crippen molar-refractivity contribution in [2.45, 2.75) is 50.2 Å². The molecule has 4 fully saturated rings. The van der Waals surface area contributed by atoms with E-state index >= 15 is 0 Å². The normalized spacial score (nSPS) is 36.6. The van der Waals surface area contributed by atoms with Crippen LogP contribution in [-0.4, -0.2) is 60.1 Å². The van der Waals surface area contributed by atoms with E-state index in [0.29, 0.717) is 26.2 Å². The lowest BCUT2D eigenvalue weighted by atomic mass is 9.57. The Balaban J connectivity index is 1.56. The van der Waals surface area contributed by atoms with E-state index in [4.69, 9.17) is 5.73 Å². The molecule has 1 heterocycles. The minimum absolute atomic E-state index is 0.0760. The standard InChI is InChI=1S/C15H24F3N3O/c16-15(17,18)11-20-7-9-21(10-8-20)12(22)13-1-4-14(19,5-2-13)6-3-13/h1-11,19H2. The molecular weight excluding hydrogens is 295 g/mol. The van der Waals surface area contributed by atoms with Crippen LogP contribution in [0.2, 0.25) is 0 Å². The molecule has 2 N–H and O–H groups in total. The van der Waals surface area contributed by atoms with Gasteiger partial charge in [0.05, 0.1) is 6.54 Å². The molecule has 0 atom stereocenters. The van der Waals surface area contributed by atoms with E-state index in [1.807, 2.05) is 0 Å². The van der Waals surface area contributed by atoms with Gasteiger partial charge in [0.2, 0.25) is 5.91 Å². The summed E-state index contributed by atoms with van der Waals surface area (Å²) in [6, 6.07) is 0. The van der Waals surface area contributed by atoms with Crippen LogP contribution in [0, 0.1) is 5.41 Å². The van der Waals surface area contributed by atoms with E-state index in [9.17, 15) is 18.0 Å². The molecule has 0 aromatic carbocycles. The van der Waals surface area contributed by atoms with Gasteiger partial charge in [-0.05, 0) is 38.5 Å². The molecule has 1 saturated heterocycles.